The predicted molar refractivity (Wildman–Crippen MR) is 48.7 cm³/mol. The third-order valence-corrected chi connectivity index (χ3v) is 1.70. The van der Waals surface area contributed by atoms with Crippen molar-refractivity contribution < 1.29 is 22.7 Å². The van der Waals surface area contributed by atoms with Crippen molar-refractivity contribution in [1.29, 1.82) is 0 Å². The third-order valence-electron chi connectivity index (χ3n) is 1.70. The Morgan fingerprint density at radius 1 is 1.62 bits per heavy atom. The Bertz CT molecular complexity index is 386. The van der Waals surface area contributed by atoms with E-state index in [4.69, 9.17) is 5.73 Å². The van der Waals surface area contributed by atoms with Crippen molar-refractivity contribution >= 4 is 11.8 Å². The molecule has 0 aliphatic carbocycles. The number of anilines is 1. The normalized spacial score (nSPS) is 11.5. The van der Waals surface area contributed by atoms with E-state index in [1.807, 2.05) is 0 Å². The van der Waals surface area contributed by atoms with Gasteiger partial charge in [-0.05, 0) is 6.92 Å². The number of halogens is 3. The Labute approximate surface area is 89.0 Å². The number of carbonyl (C=O) groups is 1. The van der Waals surface area contributed by atoms with Crippen molar-refractivity contribution in [3.05, 3.63) is 11.8 Å². The molecule has 1 rings (SSSR count). The quantitative estimate of drug-likeness (QED) is 0.802. The van der Waals surface area contributed by atoms with Gasteiger partial charge in [0.05, 0.1) is 12.8 Å². The monoisotopic (exact) mass is 237 g/mol. The second-order valence-corrected chi connectivity index (χ2v) is 2.94. The zero-order valence-electron chi connectivity index (χ0n) is 8.41. The number of carbonyl (C=O) groups excluding carboxylic acids is 1. The summed E-state index contributed by atoms with van der Waals surface area (Å²) in [6.45, 7) is 0.356. The van der Waals surface area contributed by atoms with Crippen LogP contribution >= 0.6 is 0 Å². The molecule has 5 nitrogen and oxygen atoms in total. The number of hydrogen-bond acceptors (Lipinski definition) is 4. The van der Waals surface area contributed by atoms with E-state index >= 15 is 0 Å². The molecule has 0 saturated carbocycles. The molecule has 8 heteroatoms. The number of alkyl halides is 3. The average molecular weight is 237 g/mol. The highest BCUT2D eigenvalue weighted by molar-refractivity contribution is 5.93. The summed E-state index contributed by atoms with van der Waals surface area (Å²) >= 11 is 0. The molecule has 1 heterocycles. The third kappa shape index (κ3) is 2.88. The van der Waals surface area contributed by atoms with E-state index in [1.54, 1.807) is 6.92 Å². The van der Waals surface area contributed by atoms with Crippen molar-refractivity contribution in [1.82, 2.24) is 9.78 Å². The van der Waals surface area contributed by atoms with Crippen LogP contribution in [0.4, 0.5) is 19.0 Å². The second kappa shape index (κ2) is 4.42. The molecule has 0 atom stereocenters. The SMILES string of the molecule is CCOC(=O)c1cnn(CC(F)(F)F)c1N. The Balaban J connectivity index is 2.88. The molecule has 90 valence electrons. The fraction of sp³-hybridized carbons (Fsp3) is 0.500. The van der Waals surface area contributed by atoms with Crippen molar-refractivity contribution in [2.24, 2.45) is 0 Å². The Hall–Kier alpha value is -1.73. The number of rotatable bonds is 3. The van der Waals surface area contributed by atoms with E-state index in [0.717, 1.165) is 6.20 Å². The molecule has 0 fully saturated rings. The van der Waals surface area contributed by atoms with Crippen molar-refractivity contribution in [2.45, 2.75) is 19.6 Å². The van der Waals surface area contributed by atoms with Gasteiger partial charge in [0.2, 0.25) is 0 Å². The van der Waals surface area contributed by atoms with Crippen LogP contribution in [0.5, 0.6) is 0 Å². The van der Waals surface area contributed by atoms with Crippen LogP contribution in [0, 0.1) is 0 Å². The molecule has 0 amide bonds. The summed E-state index contributed by atoms with van der Waals surface area (Å²) in [5.41, 5.74) is 5.18. The topological polar surface area (TPSA) is 70.1 Å². The standard InChI is InChI=1S/C8H10F3N3O2/c1-2-16-7(15)5-3-13-14(6(5)12)4-8(9,10)11/h3H,2,4,12H2,1H3. The lowest BCUT2D eigenvalue weighted by Crippen LogP contribution is -2.20. The molecule has 1 aromatic heterocycles. The van der Waals surface area contributed by atoms with E-state index in [9.17, 15) is 18.0 Å². The Kier molecular flexibility index (Phi) is 3.41. The van der Waals surface area contributed by atoms with Crippen LogP contribution in [0.3, 0.4) is 0 Å². The van der Waals surface area contributed by atoms with Gasteiger partial charge in [0.15, 0.2) is 0 Å². The maximum Gasteiger partial charge on any atom is 0.408 e. The summed E-state index contributed by atoms with van der Waals surface area (Å²) < 4.78 is 41.2. The van der Waals surface area contributed by atoms with Crippen molar-refractivity contribution in [3.8, 4) is 0 Å². The molecule has 0 saturated heterocycles. The van der Waals surface area contributed by atoms with Crippen LogP contribution in [-0.4, -0.2) is 28.5 Å². The molecule has 0 spiro atoms. The first-order chi connectivity index (χ1) is 7.35. The number of ether oxygens (including phenoxy) is 1. The molecular formula is C8H10F3N3O2. The molecule has 0 bridgehead atoms. The van der Waals surface area contributed by atoms with Gasteiger partial charge in [0, 0.05) is 0 Å². The van der Waals surface area contributed by atoms with E-state index in [0.29, 0.717) is 4.68 Å². The summed E-state index contributed by atoms with van der Waals surface area (Å²) in [6.07, 6.45) is -3.48. The highest BCUT2D eigenvalue weighted by Gasteiger charge is 2.30. The minimum absolute atomic E-state index is 0.114. The van der Waals surface area contributed by atoms with Gasteiger partial charge in [-0.1, -0.05) is 0 Å². The average Bonchev–Trinajstić information content (AvgIpc) is 2.46. The molecule has 2 N–H and O–H groups in total. The minimum Gasteiger partial charge on any atom is -0.462 e. The molecule has 0 aliphatic heterocycles. The fourth-order valence-electron chi connectivity index (χ4n) is 1.06. The maximum atomic E-state index is 12.0. The molecule has 0 radical (unpaired) electrons. The van der Waals surface area contributed by atoms with Gasteiger partial charge in [0.25, 0.3) is 0 Å². The van der Waals surface area contributed by atoms with Gasteiger partial charge in [-0.2, -0.15) is 18.3 Å². The molecule has 0 unspecified atom stereocenters. The smallest absolute Gasteiger partial charge is 0.408 e. The molecule has 0 aromatic carbocycles. The zero-order chi connectivity index (χ0) is 12.3. The molecule has 0 aliphatic rings. The van der Waals surface area contributed by atoms with Crippen LogP contribution in [0.1, 0.15) is 17.3 Å². The van der Waals surface area contributed by atoms with Crippen LogP contribution < -0.4 is 5.73 Å². The predicted octanol–water partition coefficient (Wildman–Crippen LogP) is 1.20. The lowest BCUT2D eigenvalue weighted by molar-refractivity contribution is -0.142. The minimum atomic E-state index is -4.44. The molecule has 16 heavy (non-hydrogen) atoms. The number of nitrogen functional groups attached to an aromatic ring is 1. The highest BCUT2D eigenvalue weighted by atomic mass is 19.4. The number of aromatic nitrogens is 2. The summed E-state index contributed by atoms with van der Waals surface area (Å²) in [4.78, 5) is 11.2. The lowest BCUT2D eigenvalue weighted by atomic mass is 10.3. The largest absolute Gasteiger partial charge is 0.462 e. The fourth-order valence-corrected chi connectivity index (χ4v) is 1.06. The Morgan fingerprint density at radius 3 is 2.75 bits per heavy atom. The summed E-state index contributed by atoms with van der Waals surface area (Å²) in [5, 5.41) is 3.38. The van der Waals surface area contributed by atoms with Crippen LogP contribution in [0.15, 0.2) is 6.20 Å². The lowest BCUT2D eigenvalue weighted by Gasteiger charge is -2.08. The molecule has 1 aromatic rings. The van der Waals surface area contributed by atoms with Gasteiger partial charge in [-0.25, -0.2) is 9.48 Å². The Morgan fingerprint density at radius 2 is 2.25 bits per heavy atom. The van der Waals surface area contributed by atoms with Gasteiger partial charge in [0.1, 0.15) is 17.9 Å². The summed E-state index contributed by atoms with van der Waals surface area (Å²) in [6, 6.07) is 0. The highest BCUT2D eigenvalue weighted by Crippen LogP contribution is 2.21. The zero-order valence-corrected chi connectivity index (χ0v) is 8.41. The van der Waals surface area contributed by atoms with E-state index < -0.39 is 18.7 Å². The summed E-state index contributed by atoms with van der Waals surface area (Å²) in [7, 11) is 0. The number of hydrogen-bond donors (Lipinski definition) is 1. The van der Waals surface area contributed by atoms with Crippen molar-refractivity contribution in [3.63, 3.8) is 0 Å². The van der Waals surface area contributed by atoms with E-state index in [2.05, 4.69) is 9.84 Å². The van der Waals surface area contributed by atoms with Crippen LogP contribution in [0.2, 0.25) is 0 Å². The first kappa shape index (κ1) is 12.3. The number of esters is 1. The first-order valence-corrected chi connectivity index (χ1v) is 4.40. The summed E-state index contributed by atoms with van der Waals surface area (Å²) in [5.74, 6) is -1.14. The van der Waals surface area contributed by atoms with Gasteiger partial charge in [-0.15, -0.1) is 0 Å². The van der Waals surface area contributed by atoms with Gasteiger partial charge < -0.3 is 10.5 Å². The number of nitrogens with zero attached hydrogens (tertiary/aromatic N) is 2. The van der Waals surface area contributed by atoms with Crippen LogP contribution in [-0.2, 0) is 11.3 Å². The van der Waals surface area contributed by atoms with Gasteiger partial charge in [-0.3, -0.25) is 0 Å². The molecular weight excluding hydrogens is 227 g/mol. The maximum absolute atomic E-state index is 12.0. The first-order valence-electron chi connectivity index (χ1n) is 4.40. The van der Waals surface area contributed by atoms with E-state index in [1.165, 1.54) is 0 Å². The van der Waals surface area contributed by atoms with E-state index in [-0.39, 0.29) is 18.0 Å². The van der Waals surface area contributed by atoms with Crippen LogP contribution in [0.25, 0.3) is 0 Å². The van der Waals surface area contributed by atoms with Gasteiger partial charge >= 0.3 is 12.1 Å². The second-order valence-electron chi connectivity index (χ2n) is 2.94. The van der Waals surface area contributed by atoms with Crippen molar-refractivity contribution in [2.75, 3.05) is 12.3 Å². The number of nitrogens with two attached hydrogens (primary N) is 1.